The van der Waals surface area contributed by atoms with E-state index in [4.69, 9.17) is 9.15 Å². The van der Waals surface area contributed by atoms with Crippen molar-refractivity contribution in [1.29, 1.82) is 0 Å². The van der Waals surface area contributed by atoms with Gasteiger partial charge in [0.2, 0.25) is 0 Å². The van der Waals surface area contributed by atoms with E-state index in [1.807, 2.05) is 6.92 Å². The molecule has 1 unspecified atom stereocenters. The van der Waals surface area contributed by atoms with Gasteiger partial charge in [0.25, 0.3) is 0 Å². The van der Waals surface area contributed by atoms with Gasteiger partial charge >= 0.3 is 5.97 Å². The fraction of sp³-hybridized carbons (Fsp3) is 0.467. The van der Waals surface area contributed by atoms with Crippen LogP contribution in [0.1, 0.15) is 35.5 Å². The van der Waals surface area contributed by atoms with Crippen molar-refractivity contribution in [2.75, 3.05) is 13.2 Å². The van der Waals surface area contributed by atoms with Gasteiger partial charge in [0, 0.05) is 29.8 Å². The minimum Gasteiger partial charge on any atom is -0.468 e. The summed E-state index contributed by atoms with van der Waals surface area (Å²) in [6.07, 6.45) is 2.93. The Kier molecular flexibility index (Phi) is 3.12. The minimum atomic E-state index is -0.495. The van der Waals surface area contributed by atoms with Gasteiger partial charge in [-0.3, -0.25) is 9.59 Å². The molecule has 1 aliphatic carbocycles. The number of Topliss-reactive ketones (excluding diaryl/α,β-unsaturated/α-hetero) is 1. The topological polar surface area (TPSA) is 68.5 Å². The third-order valence-electron chi connectivity index (χ3n) is 3.90. The fourth-order valence-electron chi connectivity index (χ4n) is 2.93. The highest BCUT2D eigenvalue weighted by molar-refractivity contribution is 6.14. The Labute approximate surface area is 117 Å². The van der Waals surface area contributed by atoms with Gasteiger partial charge in [-0.2, -0.15) is 0 Å². The van der Waals surface area contributed by atoms with Crippen molar-refractivity contribution in [3.05, 3.63) is 34.4 Å². The van der Waals surface area contributed by atoms with Crippen LogP contribution in [-0.4, -0.2) is 24.9 Å². The van der Waals surface area contributed by atoms with E-state index in [2.05, 4.69) is 5.32 Å². The molecule has 1 aliphatic heterocycles. The number of hydrogen-bond acceptors (Lipinski definition) is 5. The van der Waals surface area contributed by atoms with Crippen LogP contribution >= 0.6 is 0 Å². The second-order valence-electron chi connectivity index (χ2n) is 5.00. The first kappa shape index (κ1) is 13.0. The van der Waals surface area contributed by atoms with Crippen LogP contribution in [0.15, 0.2) is 22.0 Å². The van der Waals surface area contributed by atoms with Crippen molar-refractivity contribution in [3.8, 4) is 0 Å². The fourth-order valence-corrected chi connectivity index (χ4v) is 2.93. The molecule has 5 heteroatoms. The van der Waals surface area contributed by atoms with Crippen LogP contribution in [0.3, 0.4) is 0 Å². The average molecular weight is 275 g/mol. The van der Waals surface area contributed by atoms with Gasteiger partial charge in [0.05, 0.1) is 18.4 Å². The molecule has 0 saturated carbocycles. The lowest BCUT2D eigenvalue weighted by molar-refractivity contribution is -0.146. The highest BCUT2D eigenvalue weighted by Gasteiger charge is 2.41. The van der Waals surface area contributed by atoms with E-state index in [1.165, 1.54) is 0 Å². The number of carbonyl (C=O) groups is 2. The Morgan fingerprint density at radius 3 is 3.00 bits per heavy atom. The number of fused-ring (bicyclic) bond motifs is 1. The van der Waals surface area contributed by atoms with Crippen LogP contribution in [-0.2, 0) is 22.4 Å². The van der Waals surface area contributed by atoms with Gasteiger partial charge in [-0.25, -0.2) is 0 Å². The number of hydrogen-bond donors (Lipinski definition) is 1. The van der Waals surface area contributed by atoms with Gasteiger partial charge in [-0.15, -0.1) is 0 Å². The largest absolute Gasteiger partial charge is 0.468 e. The number of aryl methyl sites for hydroxylation is 1. The molecule has 0 aromatic carbocycles. The monoisotopic (exact) mass is 275 g/mol. The summed E-state index contributed by atoms with van der Waals surface area (Å²) in [6, 6.07) is 0. The smallest absolute Gasteiger partial charge is 0.315 e. The molecule has 1 aromatic rings. The van der Waals surface area contributed by atoms with E-state index in [0.29, 0.717) is 36.5 Å². The van der Waals surface area contributed by atoms with Gasteiger partial charge < -0.3 is 14.5 Å². The maximum atomic E-state index is 12.7. The minimum absolute atomic E-state index is 0.0881. The van der Waals surface area contributed by atoms with Crippen LogP contribution in [0.2, 0.25) is 0 Å². The molecule has 1 N–H and O–H groups in total. The Morgan fingerprint density at radius 2 is 2.30 bits per heavy atom. The maximum absolute atomic E-state index is 12.7. The van der Waals surface area contributed by atoms with Gasteiger partial charge in [0.15, 0.2) is 5.78 Å². The molecule has 1 atom stereocenters. The molecule has 2 heterocycles. The second kappa shape index (κ2) is 4.81. The molecule has 0 amide bonds. The van der Waals surface area contributed by atoms with Crippen molar-refractivity contribution in [1.82, 2.24) is 5.32 Å². The first-order chi connectivity index (χ1) is 9.67. The highest BCUT2D eigenvalue weighted by Crippen LogP contribution is 2.36. The Hall–Kier alpha value is -2.04. The molecule has 3 rings (SSSR count). The number of rotatable bonds is 3. The first-order valence-electron chi connectivity index (χ1n) is 6.94. The molecule has 20 heavy (non-hydrogen) atoms. The summed E-state index contributed by atoms with van der Waals surface area (Å²) in [5.41, 5.74) is 2.92. The summed E-state index contributed by atoms with van der Waals surface area (Å²) < 4.78 is 10.5. The Morgan fingerprint density at radius 1 is 1.50 bits per heavy atom. The zero-order valence-corrected chi connectivity index (χ0v) is 11.6. The second-order valence-corrected chi connectivity index (χ2v) is 5.00. The van der Waals surface area contributed by atoms with Crippen molar-refractivity contribution < 1.29 is 18.7 Å². The van der Waals surface area contributed by atoms with E-state index in [-0.39, 0.29) is 11.8 Å². The highest BCUT2D eigenvalue weighted by atomic mass is 16.5. The molecule has 106 valence electrons. The SMILES string of the molecule is CCOC(=O)C1CNC2=C1C(=O)c1c(CC)coc1C2. The van der Waals surface area contributed by atoms with Gasteiger partial charge in [-0.05, 0) is 13.3 Å². The Bertz CT molecular complexity index is 611. The number of esters is 1. The summed E-state index contributed by atoms with van der Waals surface area (Å²) in [7, 11) is 0. The predicted octanol–water partition coefficient (Wildman–Crippen LogP) is 1.62. The summed E-state index contributed by atoms with van der Waals surface area (Å²) in [4.78, 5) is 24.7. The van der Waals surface area contributed by atoms with Crippen molar-refractivity contribution in [2.24, 2.45) is 5.92 Å². The van der Waals surface area contributed by atoms with Gasteiger partial charge in [-0.1, -0.05) is 6.92 Å². The van der Waals surface area contributed by atoms with E-state index in [0.717, 1.165) is 17.7 Å². The zero-order valence-electron chi connectivity index (χ0n) is 11.6. The molecule has 5 nitrogen and oxygen atoms in total. The number of carbonyl (C=O) groups excluding carboxylic acids is 2. The summed E-state index contributed by atoms with van der Waals surface area (Å²) in [5, 5.41) is 3.14. The number of ketones is 1. The molecule has 1 aromatic heterocycles. The van der Waals surface area contributed by atoms with E-state index < -0.39 is 5.92 Å². The molecule has 0 fully saturated rings. The third-order valence-corrected chi connectivity index (χ3v) is 3.90. The molecule has 0 spiro atoms. The lowest BCUT2D eigenvalue weighted by atomic mass is 9.86. The normalized spacial score (nSPS) is 20.5. The average Bonchev–Trinajstić information content (AvgIpc) is 3.03. The lowest BCUT2D eigenvalue weighted by Crippen LogP contribution is -2.26. The maximum Gasteiger partial charge on any atom is 0.315 e. The molecule has 0 saturated heterocycles. The van der Waals surface area contributed by atoms with Crippen molar-refractivity contribution in [2.45, 2.75) is 26.7 Å². The quantitative estimate of drug-likeness (QED) is 0.849. The standard InChI is InChI=1S/C15H17NO4/c1-3-8-7-20-11-5-10-13(14(17)12(8)11)9(6-16-10)15(18)19-4-2/h7,9,16H,3-6H2,1-2H3. The summed E-state index contributed by atoms with van der Waals surface area (Å²) in [6.45, 7) is 4.50. The Balaban J connectivity index is 1.98. The van der Waals surface area contributed by atoms with Crippen molar-refractivity contribution in [3.63, 3.8) is 0 Å². The summed E-state index contributed by atoms with van der Waals surface area (Å²) in [5.74, 6) is -0.217. The van der Waals surface area contributed by atoms with Crippen LogP contribution in [0.5, 0.6) is 0 Å². The molecular weight excluding hydrogens is 258 g/mol. The third kappa shape index (κ3) is 1.77. The molecular formula is C15H17NO4. The van der Waals surface area contributed by atoms with E-state index in [9.17, 15) is 9.59 Å². The number of furan rings is 1. The lowest BCUT2D eigenvalue weighted by Gasteiger charge is -2.16. The summed E-state index contributed by atoms with van der Waals surface area (Å²) >= 11 is 0. The molecule has 0 radical (unpaired) electrons. The van der Waals surface area contributed by atoms with Crippen LogP contribution in [0, 0.1) is 5.92 Å². The van der Waals surface area contributed by atoms with Crippen LogP contribution in [0.4, 0.5) is 0 Å². The first-order valence-corrected chi connectivity index (χ1v) is 6.94. The van der Waals surface area contributed by atoms with Crippen molar-refractivity contribution >= 4 is 11.8 Å². The van der Waals surface area contributed by atoms with Gasteiger partial charge in [0.1, 0.15) is 11.7 Å². The van der Waals surface area contributed by atoms with E-state index >= 15 is 0 Å². The number of ether oxygens (including phenoxy) is 1. The van der Waals surface area contributed by atoms with E-state index in [1.54, 1.807) is 13.2 Å². The van der Waals surface area contributed by atoms with Crippen LogP contribution < -0.4 is 5.32 Å². The van der Waals surface area contributed by atoms with Crippen LogP contribution in [0.25, 0.3) is 0 Å². The number of allylic oxidation sites excluding steroid dienone is 1. The molecule has 0 bridgehead atoms. The molecule has 2 aliphatic rings. The number of nitrogens with one attached hydrogen (secondary N) is 1. The zero-order chi connectivity index (χ0) is 14.3. The predicted molar refractivity (Wildman–Crippen MR) is 71.3 cm³/mol.